The Morgan fingerprint density at radius 2 is 1.73 bits per heavy atom. The van der Waals surface area contributed by atoms with E-state index in [9.17, 15) is 9.59 Å². The van der Waals surface area contributed by atoms with Gasteiger partial charge in [-0.25, -0.2) is 9.78 Å². The summed E-state index contributed by atoms with van der Waals surface area (Å²) in [6, 6.07) is 0. The molecule has 2 aromatic heterocycles. The molecule has 30 heavy (non-hydrogen) atoms. The van der Waals surface area contributed by atoms with Crippen LogP contribution in [0.15, 0.2) is 4.42 Å². The van der Waals surface area contributed by atoms with Crippen molar-refractivity contribution in [3.05, 3.63) is 17.1 Å². The number of ether oxygens (including phenoxy) is 2. The number of furan rings is 1. The molecule has 6 rings (SSSR count). The standard InChI is InChI=1S/C22H27N3O5/c1-3-28-20(26)16-11(2)30-19-17(16)18(23)24-15(25-19)10-29-21(27)22-7-12-4-13(8-22)6-14(5-12)9-22/h12-14H,3-10H2,1-2H3,(H2,23,24,25). The van der Waals surface area contributed by atoms with E-state index in [2.05, 4.69) is 9.97 Å². The molecule has 4 saturated carbocycles. The Morgan fingerprint density at radius 3 is 2.33 bits per heavy atom. The van der Waals surface area contributed by atoms with E-state index in [1.165, 1.54) is 19.3 Å². The normalized spacial score (nSPS) is 29.3. The minimum Gasteiger partial charge on any atom is -0.462 e. The minimum atomic E-state index is -0.523. The van der Waals surface area contributed by atoms with Crippen LogP contribution in [0.5, 0.6) is 0 Å². The second-order valence-corrected chi connectivity index (χ2v) is 9.23. The van der Waals surface area contributed by atoms with Gasteiger partial charge in [-0.2, -0.15) is 4.98 Å². The highest BCUT2D eigenvalue weighted by Gasteiger charge is 2.55. The van der Waals surface area contributed by atoms with Gasteiger partial charge in [0.2, 0.25) is 5.71 Å². The number of anilines is 1. The molecule has 0 aliphatic heterocycles. The molecule has 2 heterocycles. The highest BCUT2D eigenvalue weighted by atomic mass is 16.5. The number of carbonyl (C=O) groups excluding carboxylic acids is 2. The predicted octanol–water partition coefficient (Wildman–Crippen LogP) is 3.55. The number of fused-ring (bicyclic) bond motifs is 1. The van der Waals surface area contributed by atoms with Gasteiger partial charge < -0.3 is 19.6 Å². The number of nitrogens with two attached hydrogens (primary N) is 1. The second kappa shape index (κ2) is 6.96. The summed E-state index contributed by atoms with van der Waals surface area (Å²) in [4.78, 5) is 33.9. The predicted molar refractivity (Wildman–Crippen MR) is 107 cm³/mol. The van der Waals surface area contributed by atoms with Crippen molar-refractivity contribution in [1.82, 2.24) is 9.97 Å². The highest BCUT2D eigenvalue weighted by molar-refractivity contribution is 6.07. The smallest absolute Gasteiger partial charge is 0.342 e. The maximum Gasteiger partial charge on any atom is 0.342 e. The molecule has 8 nitrogen and oxygen atoms in total. The molecule has 0 saturated heterocycles. The topological polar surface area (TPSA) is 118 Å². The molecule has 4 aliphatic rings. The number of rotatable bonds is 5. The van der Waals surface area contributed by atoms with Gasteiger partial charge in [0.15, 0.2) is 12.4 Å². The van der Waals surface area contributed by atoms with Crippen LogP contribution in [-0.2, 0) is 20.9 Å². The van der Waals surface area contributed by atoms with E-state index in [0.29, 0.717) is 28.9 Å². The Kier molecular flexibility index (Phi) is 4.48. The summed E-state index contributed by atoms with van der Waals surface area (Å²) in [6.45, 7) is 3.56. The van der Waals surface area contributed by atoms with Crippen LogP contribution in [0.25, 0.3) is 11.1 Å². The van der Waals surface area contributed by atoms with E-state index < -0.39 is 5.97 Å². The van der Waals surface area contributed by atoms with Crippen molar-refractivity contribution in [3.63, 3.8) is 0 Å². The molecule has 0 spiro atoms. The monoisotopic (exact) mass is 413 g/mol. The summed E-state index contributed by atoms with van der Waals surface area (Å²) >= 11 is 0. The van der Waals surface area contributed by atoms with Crippen LogP contribution in [0, 0.1) is 30.1 Å². The van der Waals surface area contributed by atoms with Crippen LogP contribution in [0.2, 0.25) is 0 Å². The van der Waals surface area contributed by atoms with Crippen LogP contribution in [-0.4, -0.2) is 28.5 Å². The Balaban J connectivity index is 1.35. The van der Waals surface area contributed by atoms with E-state index in [1.807, 2.05) is 0 Å². The number of nitrogens with zero attached hydrogens (tertiary/aromatic N) is 2. The second-order valence-electron chi connectivity index (χ2n) is 9.23. The summed E-state index contributed by atoms with van der Waals surface area (Å²) in [5.74, 6) is 2.09. The maximum absolute atomic E-state index is 13.0. The van der Waals surface area contributed by atoms with Crippen molar-refractivity contribution in [2.75, 3.05) is 12.3 Å². The van der Waals surface area contributed by atoms with Crippen molar-refractivity contribution in [2.45, 2.75) is 59.0 Å². The number of aryl methyl sites for hydroxylation is 1. The van der Waals surface area contributed by atoms with Gasteiger partial charge in [-0.1, -0.05) is 0 Å². The van der Waals surface area contributed by atoms with E-state index in [4.69, 9.17) is 19.6 Å². The van der Waals surface area contributed by atoms with Gasteiger partial charge in [-0.05, 0) is 70.1 Å². The average molecular weight is 413 g/mol. The van der Waals surface area contributed by atoms with Crippen molar-refractivity contribution < 1.29 is 23.5 Å². The van der Waals surface area contributed by atoms with Gasteiger partial charge in [-0.3, -0.25) is 4.79 Å². The highest BCUT2D eigenvalue weighted by Crippen LogP contribution is 2.60. The molecule has 0 aromatic carbocycles. The molecule has 4 bridgehead atoms. The molecule has 0 amide bonds. The van der Waals surface area contributed by atoms with Crippen LogP contribution in [0.1, 0.15) is 67.4 Å². The zero-order valence-electron chi connectivity index (χ0n) is 17.4. The number of hydrogen-bond acceptors (Lipinski definition) is 8. The van der Waals surface area contributed by atoms with E-state index in [-0.39, 0.29) is 47.5 Å². The molecule has 2 aromatic rings. The van der Waals surface area contributed by atoms with Gasteiger partial charge in [0.1, 0.15) is 17.1 Å². The molecular weight excluding hydrogens is 386 g/mol. The van der Waals surface area contributed by atoms with Gasteiger partial charge in [-0.15, -0.1) is 0 Å². The first-order chi connectivity index (χ1) is 14.4. The Morgan fingerprint density at radius 1 is 1.10 bits per heavy atom. The first-order valence-corrected chi connectivity index (χ1v) is 10.8. The lowest BCUT2D eigenvalue weighted by molar-refractivity contribution is -0.173. The average Bonchev–Trinajstić information content (AvgIpc) is 3.01. The van der Waals surface area contributed by atoms with Gasteiger partial charge in [0, 0.05) is 0 Å². The lowest BCUT2D eigenvalue weighted by atomic mass is 9.49. The third kappa shape index (κ3) is 3.04. The summed E-state index contributed by atoms with van der Waals surface area (Å²) in [5.41, 5.74) is 6.20. The minimum absolute atomic E-state index is 0.0603. The summed E-state index contributed by atoms with van der Waals surface area (Å²) in [5, 5.41) is 0.335. The van der Waals surface area contributed by atoms with E-state index in [1.54, 1.807) is 13.8 Å². The lowest BCUT2D eigenvalue weighted by Gasteiger charge is -2.55. The fraction of sp³-hybridized carbons (Fsp3) is 0.636. The van der Waals surface area contributed by atoms with Crippen LogP contribution in [0.4, 0.5) is 5.82 Å². The number of hydrogen-bond donors (Lipinski definition) is 1. The third-order valence-corrected chi connectivity index (χ3v) is 7.09. The van der Waals surface area contributed by atoms with Crippen molar-refractivity contribution in [3.8, 4) is 0 Å². The number of aromatic nitrogens is 2. The van der Waals surface area contributed by atoms with Crippen molar-refractivity contribution in [2.24, 2.45) is 23.2 Å². The van der Waals surface area contributed by atoms with Crippen LogP contribution >= 0.6 is 0 Å². The van der Waals surface area contributed by atoms with E-state index in [0.717, 1.165) is 19.3 Å². The maximum atomic E-state index is 13.0. The van der Waals surface area contributed by atoms with E-state index >= 15 is 0 Å². The Hall–Kier alpha value is -2.64. The summed E-state index contributed by atoms with van der Waals surface area (Å²) in [7, 11) is 0. The lowest BCUT2D eigenvalue weighted by Crippen LogP contribution is -2.50. The Bertz CT molecular complexity index is 992. The Labute approximate surface area is 174 Å². The SMILES string of the molecule is CCOC(=O)c1c(C)oc2nc(COC(=O)C34CC5CC(CC(C5)C3)C4)nc(N)c12. The largest absolute Gasteiger partial charge is 0.462 e. The molecule has 4 aliphatic carbocycles. The fourth-order valence-electron chi connectivity index (χ4n) is 6.34. The summed E-state index contributed by atoms with van der Waals surface area (Å²) < 4.78 is 16.4. The summed E-state index contributed by atoms with van der Waals surface area (Å²) in [6.07, 6.45) is 6.64. The van der Waals surface area contributed by atoms with Gasteiger partial charge in [0.25, 0.3) is 0 Å². The van der Waals surface area contributed by atoms with Crippen LogP contribution < -0.4 is 5.73 Å². The molecule has 0 radical (unpaired) electrons. The van der Waals surface area contributed by atoms with Crippen molar-refractivity contribution in [1.29, 1.82) is 0 Å². The zero-order valence-corrected chi connectivity index (χ0v) is 17.4. The van der Waals surface area contributed by atoms with Crippen molar-refractivity contribution >= 4 is 28.9 Å². The number of carbonyl (C=O) groups is 2. The molecule has 8 heteroatoms. The van der Waals surface area contributed by atoms with Gasteiger partial charge >= 0.3 is 11.9 Å². The fourth-order valence-corrected chi connectivity index (χ4v) is 6.34. The molecule has 4 fully saturated rings. The quantitative estimate of drug-likeness (QED) is 0.740. The zero-order chi connectivity index (χ0) is 21.0. The molecule has 2 N–H and O–H groups in total. The first kappa shape index (κ1) is 19.3. The first-order valence-electron chi connectivity index (χ1n) is 10.8. The van der Waals surface area contributed by atoms with Crippen LogP contribution in [0.3, 0.4) is 0 Å². The molecular formula is C22H27N3O5. The van der Waals surface area contributed by atoms with Gasteiger partial charge in [0.05, 0.1) is 17.4 Å². The molecule has 0 unspecified atom stereocenters. The number of esters is 2. The third-order valence-electron chi connectivity index (χ3n) is 7.09. The molecule has 0 atom stereocenters. The molecule has 160 valence electrons. The number of nitrogen functional groups attached to an aromatic ring is 1.